The van der Waals surface area contributed by atoms with Crippen molar-refractivity contribution < 1.29 is 19.0 Å². The fourth-order valence-corrected chi connectivity index (χ4v) is 3.42. The van der Waals surface area contributed by atoms with E-state index in [9.17, 15) is 4.79 Å². The molecule has 4 rings (SSSR count). The molecule has 0 saturated carbocycles. The molecule has 26 heavy (non-hydrogen) atoms. The molecule has 2 aliphatic heterocycles. The first kappa shape index (κ1) is 17.1. The summed E-state index contributed by atoms with van der Waals surface area (Å²) in [5, 5.41) is 7.13. The highest BCUT2D eigenvalue weighted by atomic mass is 16.7. The van der Waals surface area contributed by atoms with E-state index in [1.54, 1.807) is 18.1 Å². The average molecular weight is 357 g/mol. The molecule has 1 aromatic carbocycles. The number of aromatic nitrogens is 2. The van der Waals surface area contributed by atoms with Gasteiger partial charge in [0, 0.05) is 18.7 Å². The number of ether oxygens (including phenoxy) is 3. The van der Waals surface area contributed by atoms with Crippen LogP contribution in [0, 0.1) is 5.41 Å². The number of nitrogens with one attached hydrogen (secondary N) is 1. The summed E-state index contributed by atoms with van der Waals surface area (Å²) in [4.78, 5) is 14.5. The van der Waals surface area contributed by atoms with Crippen LogP contribution in [-0.4, -0.2) is 60.2 Å². The summed E-state index contributed by atoms with van der Waals surface area (Å²) in [6, 6.07) is 9.37. The van der Waals surface area contributed by atoms with Crippen molar-refractivity contribution in [1.29, 1.82) is 0 Å². The molecular weight excluding hydrogens is 334 g/mol. The van der Waals surface area contributed by atoms with Crippen LogP contribution in [0.5, 0.6) is 5.75 Å². The van der Waals surface area contributed by atoms with Crippen LogP contribution in [0.1, 0.15) is 24.3 Å². The SMILES string of the molecule is COc1ccccc1-c1cc(C(=O)N2CC3(COC(C)(C)OC3)C2)[nH]n1. The van der Waals surface area contributed by atoms with Gasteiger partial charge in [-0.2, -0.15) is 5.10 Å². The number of hydrogen-bond donors (Lipinski definition) is 1. The van der Waals surface area contributed by atoms with Gasteiger partial charge < -0.3 is 19.1 Å². The third-order valence-electron chi connectivity index (χ3n) is 4.98. The first-order valence-electron chi connectivity index (χ1n) is 8.67. The molecule has 138 valence electrons. The van der Waals surface area contributed by atoms with Gasteiger partial charge in [-0.1, -0.05) is 12.1 Å². The minimum Gasteiger partial charge on any atom is -0.496 e. The lowest BCUT2D eigenvalue weighted by Crippen LogP contribution is -2.65. The fraction of sp³-hybridized carbons (Fsp3) is 0.474. The number of nitrogens with zero attached hydrogens (tertiary/aromatic N) is 2. The number of likely N-dealkylation sites (tertiary alicyclic amines) is 1. The number of H-pyrrole nitrogens is 1. The summed E-state index contributed by atoms with van der Waals surface area (Å²) in [5.74, 6) is 0.122. The first-order chi connectivity index (χ1) is 12.4. The van der Waals surface area contributed by atoms with E-state index >= 15 is 0 Å². The normalized spacial score (nSPS) is 20.7. The Morgan fingerprint density at radius 1 is 1.23 bits per heavy atom. The maximum Gasteiger partial charge on any atom is 0.271 e. The highest BCUT2D eigenvalue weighted by Gasteiger charge is 2.50. The number of aromatic amines is 1. The third-order valence-corrected chi connectivity index (χ3v) is 4.98. The highest BCUT2D eigenvalue weighted by Crippen LogP contribution is 2.38. The minimum atomic E-state index is -0.539. The Labute approximate surface area is 152 Å². The second kappa shape index (κ2) is 6.10. The lowest BCUT2D eigenvalue weighted by atomic mass is 9.80. The van der Waals surface area contributed by atoms with Crippen LogP contribution in [0.3, 0.4) is 0 Å². The van der Waals surface area contributed by atoms with Gasteiger partial charge in [-0.05, 0) is 32.0 Å². The second-order valence-corrected chi connectivity index (χ2v) is 7.51. The van der Waals surface area contributed by atoms with Crippen molar-refractivity contribution in [3.63, 3.8) is 0 Å². The molecular formula is C19H23N3O4. The van der Waals surface area contributed by atoms with Crippen molar-refractivity contribution in [2.24, 2.45) is 5.41 Å². The summed E-state index contributed by atoms with van der Waals surface area (Å²) < 4.78 is 16.9. The van der Waals surface area contributed by atoms with Crippen molar-refractivity contribution in [1.82, 2.24) is 15.1 Å². The number of carbonyl (C=O) groups is 1. The van der Waals surface area contributed by atoms with Gasteiger partial charge in [0.2, 0.25) is 0 Å². The zero-order valence-electron chi connectivity index (χ0n) is 15.2. The smallest absolute Gasteiger partial charge is 0.271 e. The molecule has 2 fully saturated rings. The van der Waals surface area contributed by atoms with Crippen LogP contribution < -0.4 is 4.74 Å². The molecule has 1 amide bonds. The Balaban J connectivity index is 1.44. The van der Waals surface area contributed by atoms with Crippen molar-refractivity contribution >= 4 is 5.91 Å². The minimum absolute atomic E-state index is 0.0610. The van der Waals surface area contributed by atoms with E-state index in [2.05, 4.69) is 10.2 Å². The molecule has 3 heterocycles. The molecule has 2 aromatic rings. The van der Waals surface area contributed by atoms with Gasteiger partial charge in [0.05, 0.1) is 31.4 Å². The number of rotatable bonds is 3. The topological polar surface area (TPSA) is 76.7 Å². The van der Waals surface area contributed by atoms with E-state index in [1.165, 1.54) is 0 Å². The largest absolute Gasteiger partial charge is 0.496 e. The van der Waals surface area contributed by atoms with Crippen LogP contribution >= 0.6 is 0 Å². The van der Waals surface area contributed by atoms with Crippen LogP contribution in [0.15, 0.2) is 30.3 Å². The predicted molar refractivity (Wildman–Crippen MR) is 94.9 cm³/mol. The van der Waals surface area contributed by atoms with Gasteiger partial charge >= 0.3 is 0 Å². The summed E-state index contributed by atoms with van der Waals surface area (Å²) in [5.41, 5.74) is 1.92. The molecule has 1 N–H and O–H groups in total. The highest BCUT2D eigenvalue weighted by molar-refractivity contribution is 5.94. The molecule has 0 bridgehead atoms. The van der Waals surface area contributed by atoms with Crippen LogP contribution in [0.4, 0.5) is 0 Å². The first-order valence-corrected chi connectivity index (χ1v) is 8.67. The lowest BCUT2D eigenvalue weighted by Gasteiger charge is -2.53. The van der Waals surface area contributed by atoms with Gasteiger partial charge in [0.25, 0.3) is 5.91 Å². The monoisotopic (exact) mass is 357 g/mol. The number of amides is 1. The molecule has 0 unspecified atom stereocenters. The number of para-hydroxylation sites is 1. The quantitative estimate of drug-likeness (QED) is 0.912. The average Bonchev–Trinajstić information content (AvgIpc) is 3.09. The van der Waals surface area contributed by atoms with E-state index in [0.29, 0.717) is 37.7 Å². The van der Waals surface area contributed by atoms with Crippen LogP contribution in [0.2, 0.25) is 0 Å². The molecule has 7 nitrogen and oxygen atoms in total. The van der Waals surface area contributed by atoms with E-state index in [-0.39, 0.29) is 11.3 Å². The number of carbonyl (C=O) groups excluding carboxylic acids is 1. The molecule has 7 heteroatoms. The summed E-state index contributed by atoms with van der Waals surface area (Å²) in [6.45, 7) is 6.30. The van der Waals surface area contributed by atoms with Crippen LogP contribution in [-0.2, 0) is 9.47 Å². The second-order valence-electron chi connectivity index (χ2n) is 7.51. The zero-order valence-corrected chi connectivity index (χ0v) is 15.2. The molecule has 1 aromatic heterocycles. The Hall–Kier alpha value is -2.38. The summed E-state index contributed by atoms with van der Waals surface area (Å²) >= 11 is 0. The summed E-state index contributed by atoms with van der Waals surface area (Å²) in [6.07, 6.45) is 0. The number of hydrogen-bond acceptors (Lipinski definition) is 5. The van der Waals surface area contributed by atoms with Gasteiger partial charge in [0.1, 0.15) is 11.4 Å². The van der Waals surface area contributed by atoms with Crippen molar-refractivity contribution in [3.8, 4) is 17.0 Å². The van der Waals surface area contributed by atoms with E-state index in [0.717, 1.165) is 11.3 Å². The summed E-state index contributed by atoms with van der Waals surface area (Å²) in [7, 11) is 1.62. The molecule has 2 aliphatic rings. The van der Waals surface area contributed by atoms with E-state index in [1.807, 2.05) is 38.1 Å². The molecule has 2 saturated heterocycles. The number of benzene rings is 1. The predicted octanol–water partition coefficient (Wildman–Crippen LogP) is 2.31. The zero-order chi connectivity index (χ0) is 18.4. The Kier molecular flexibility index (Phi) is 4.00. The Morgan fingerprint density at radius 2 is 1.92 bits per heavy atom. The molecule has 1 spiro atoms. The molecule has 0 aliphatic carbocycles. The van der Waals surface area contributed by atoms with Gasteiger partial charge in [-0.25, -0.2) is 0 Å². The molecule has 0 radical (unpaired) electrons. The standard InChI is InChI=1S/C19H23N3O4/c1-18(2)25-11-19(12-26-18)9-22(10-19)17(23)15-8-14(20-21-15)13-6-4-5-7-16(13)24-3/h4-8H,9-12H2,1-3H3,(H,20,21). The van der Waals surface area contributed by atoms with Crippen molar-refractivity contribution in [3.05, 3.63) is 36.0 Å². The lowest BCUT2D eigenvalue weighted by molar-refractivity contribution is -0.301. The van der Waals surface area contributed by atoms with Crippen molar-refractivity contribution in [2.75, 3.05) is 33.4 Å². The fourth-order valence-electron chi connectivity index (χ4n) is 3.42. The van der Waals surface area contributed by atoms with Gasteiger partial charge in [0.15, 0.2) is 5.79 Å². The van der Waals surface area contributed by atoms with E-state index < -0.39 is 5.79 Å². The Bertz CT molecular complexity index is 812. The Morgan fingerprint density at radius 3 is 2.62 bits per heavy atom. The maximum absolute atomic E-state index is 12.7. The molecule has 0 atom stereocenters. The van der Waals surface area contributed by atoms with Gasteiger partial charge in [-0.3, -0.25) is 9.89 Å². The van der Waals surface area contributed by atoms with Crippen LogP contribution in [0.25, 0.3) is 11.3 Å². The van der Waals surface area contributed by atoms with Gasteiger partial charge in [-0.15, -0.1) is 0 Å². The van der Waals surface area contributed by atoms with Crippen molar-refractivity contribution in [2.45, 2.75) is 19.6 Å². The number of methoxy groups -OCH3 is 1. The third kappa shape index (κ3) is 2.97. The maximum atomic E-state index is 12.7. The van der Waals surface area contributed by atoms with E-state index in [4.69, 9.17) is 14.2 Å².